The van der Waals surface area contributed by atoms with Crippen LogP contribution in [0, 0.1) is 23.2 Å². The van der Waals surface area contributed by atoms with Crippen molar-refractivity contribution in [3.8, 4) is 0 Å². The third-order valence-electron chi connectivity index (χ3n) is 8.22. The van der Waals surface area contributed by atoms with E-state index in [9.17, 15) is 9.59 Å². The molecule has 0 radical (unpaired) electrons. The zero-order chi connectivity index (χ0) is 19.8. The molecule has 0 aromatic heterocycles. The van der Waals surface area contributed by atoms with Gasteiger partial charge in [-0.25, -0.2) is 0 Å². The molecule has 5 fully saturated rings. The highest BCUT2D eigenvalue weighted by Crippen LogP contribution is 2.61. The SMILES string of the molecule is O=C(N[C@H](C(=O)NC1CCCCC1)C12CC3CC(CC(C3)C1)C2)c1ccccc1. The van der Waals surface area contributed by atoms with Gasteiger partial charge >= 0.3 is 0 Å². The molecule has 1 aromatic carbocycles. The second-order valence-corrected chi connectivity index (χ2v) is 10.4. The third kappa shape index (κ3) is 3.83. The van der Waals surface area contributed by atoms with E-state index in [0.717, 1.165) is 49.9 Å². The number of benzene rings is 1. The van der Waals surface area contributed by atoms with E-state index in [1.807, 2.05) is 30.3 Å². The fraction of sp³-hybridized carbons (Fsp3) is 0.680. The molecule has 4 nitrogen and oxygen atoms in total. The predicted molar refractivity (Wildman–Crippen MR) is 113 cm³/mol. The maximum Gasteiger partial charge on any atom is 0.251 e. The van der Waals surface area contributed by atoms with Gasteiger partial charge in [-0.1, -0.05) is 37.5 Å². The van der Waals surface area contributed by atoms with Gasteiger partial charge in [0.15, 0.2) is 0 Å². The Balaban J connectivity index is 1.39. The van der Waals surface area contributed by atoms with Gasteiger partial charge in [0, 0.05) is 17.0 Å². The maximum absolute atomic E-state index is 13.6. The van der Waals surface area contributed by atoms with Gasteiger partial charge in [-0.15, -0.1) is 0 Å². The third-order valence-corrected chi connectivity index (χ3v) is 8.22. The van der Waals surface area contributed by atoms with E-state index in [0.29, 0.717) is 5.56 Å². The Morgan fingerprint density at radius 2 is 1.45 bits per heavy atom. The van der Waals surface area contributed by atoms with Crippen LogP contribution in [-0.4, -0.2) is 23.9 Å². The first-order valence-corrected chi connectivity index (χ1v) is 11.8. The highest BCUT2D eigenvalue weighted by atomic mass is 16.2. The molecule has 0 heterocycles. The fourth-order valence-electron chi connectivity index (χ4n) is 7.36. The number of carbonyl (C=O) groups is 2. The average Bonchev–Trinajstić information content (AvgIpc) is 2.72. The summed E-state index contributed by atoms with van der Waals surface area (Å²) < 4.78 is 0. The zero-order valence-corrected chi connectivity index (χ0v) is 17.4. The molecule has 5 aliphatic carbocycles. The van der Waals surface area contributed by atoms with Gasteiger partial charge in [0.05, 0.1) is 0 Å². The Kier molecular flexibility index (Phi) is 5.13. The molecule has 0 aliphatic heterocycles. The molecule has 2 N–H and O–H groups in total. The van der Waals surface area contributed by atoms with Crippen molar-refractivity contribution in [1.82, 2.24) is 10.6 Å². The van der Waals surface area contributed by atoms with Crippen LogP contribution >= 0.6 is 0 Å². The molecule has 1 atom stereocenters. The molecule has 6 rings (SSSR count). The Labute approximate surface area is 174 Å². The molecule has 5 saturated carbocycles. The highest BCUT2D eigenvalue weighted by Gasteiger charge is 2.56. The molecule has 29 heavy (non-hydrogen) atoms. The number of nitrogens with one attached hydrogen (secondary N) is 2. The first kappa shape index (κ1) is 19.1. The maximum atomic E-state index is 13.6. The summed E-state index contributed by atoms with van der Waals surface area (Å²) in [7, 11) is 0. The summed E-state index contributed by atoms with van der Waals surface area (Å²) in [5, 5.41) is 6.58. The molecule has 156 valence electrons. The smallest absolute Gasteiger partial charge is 0.251 e. The topological polar surface area (TPSA) is 58.2 Å². The molecule has 1 aromatic rings. The van der Waals surface area contributed by atoms with E-state index >= 15 is 0 Å². The molecule has 4 bridgehead atoms. The lowest BCUT2D eigenvalue weighted by Gasteiger charge is -2.59. The van der Waals surface area contributed by atoms with Crippen LogP contribution in [0.5, 0.6) is 0 Å². The quantitative estimate of drug-likeness (QED) is 0.775. The zero-order valence-electron chi connectivity index (χ0n) is 17.4. The van der Waals surface area contributed by atoms with Crippen LogP contribution in [0.3, 0.4) is 0 Å². The van der Waals surface area contributed by atoms with Crippen LogP contribution in [0.25, 0.3) is 0 Å². The van der Waals surface area contributed by atoms with E-state index in [-0.39, 0.29) is 23.3 Å². The van der Waals surface area contributed by atoms with Crippen LogP contribution < -0.4 is 10.6 Å². The van der Waals surface area contributed by atoms with Crippen LogP contribution in [0.1, 0.15) is 81.0 Å². The minimum atomic E-state index is -0.398. The van der Waals surface area contributed by atoms with E-state index in [1.165, 1.54) is 38.5 Å². The number of amides is 2. The van der Waals surface area contributed by atoms with Crippen LogP contribution in [0.15, 0.2) is 30.3 Å². The Bertz CT molecular complexity index is 718. The molecule has 0 unspecified atom stereocenters. The minimum Gasteiger partial charge on any atom is -0.352 e. The van der Waals surface area contributed by atoms with Gasteiger partial charge in [0.1, 0.15) is 6.04 Å². The first-order valence-electron chi connectivity index (χ1n) is 11.8. The van der Waals surface area contributed by atoms with Gasteiger partial charge in [0.2, 0.25) is 5.91 Å². The van der Waals surface area contributed by atoms with Gasteiger partial charge in [-0.3, -0.25) is 9.59 Å². The lowest BCUT2D eigenvalue weighted by Crippen LogP contribution is -2.63. The molecule has 5 aliphatic rings. The summed E-state index contributed by atoms with van der Waals surface area (Å²) >= 11 is 0. The first-order chi connectivity index (χ1) is 14.1. The lowest BCUT2D eigenvalue weighted by molar-refractivity contribution is -0.135. The van der Waals surface area contributed by atoms with Crippen molar-refractivity contribution >= 4 is 11.8 Å². The number of hydrogen-bond acceptors (Lipinski definition) is 2. The number of hydrogen-bond donors (Lipinski definition) is 2. The minimum absolute atomic E-state index is 0.0437. The molecular weight excluding hydrogens is 360 g/mol. The summed E-state index contributed by atoms with van der Waals surface area (Å²) in [6.45, 7) is 0. The Morgan fingerprint density at radius 3 is 2.03 bits per heavy atom. The lowest BCUT2D eigenvalue weighted by atomic mass is 9.47. The van der Waals surface area contributed by atoms with E-state index in [2.05, 4.69) is 10.6 Å². The molecule has 0 saturated heterocycles. The van der Waals surface area contributed by atoms with Crippen LogP contribution in [0.4, 0.5) is 0 Å². The highest BCUT2D eigenvalue weighted by molar-refractivity contribution is 5.97. The van der Waals surface area contributed by atoms with Crippen molar-refractivity contribution in [2.75, 3.05) is 0 Å². The summed E-state index contributed by atoms with van der Waals surface area (Å²) in [6.07, 6.45) is 13.2. The van der Waals surface area contributed by atoms with Crippen molar-refractivity contribution in [2.45, 2.75) is 82.7 Å². The monoisotopic (exact) mass is 394 g/mol. The predicted octanol–water partition coefficient (Wildman–Crippen LogP) is 4.45. The van der Waals surface area contributed by atoms with E-state index < -0.39 is 6.04 Å². The molecule has 4 heteroatoms. The second-order valence-electron chi connectivity index (χ2n) is 10.4. The van der Waals surface area contributed by atoms with E-state index in [4.69, 9.17) is 0 Å². The molecule has 0 spiro atoms. The van der Waals surface area contributed by atoms with Gasteiger partial charge in [-0.05, 0) is 81.3 Å². The van der Waals surface area contributed by atoms with Crippen molar-refractivity contribution in [2.24, 2.45) is 23.2 Å². The summed E-state index contributed by atoms with van der Waals surface area (Å²) in [5.41, 5.74) is 0.602. The summed E-state index contributed by atoms with van der Waals surface area (Å²) in [5.74, 6) is 2.22. The van der Waals surface area contributed by atoms with Gasteiger partial charge in [0.25, 0.3) is 5.91 Å². The summed E-state index contributed by atoms with van der Waals surface area (Å²) in [6, 6.07) is 9.25. The standard InChI is InChI=1S/C25H34N2O2/c28-23(20-7-3-1-4-8-20)27-22(24(29)26-21-9-5-2-6-10-21)25-14-17-11-18(15-25)13-19(12-17)16-25/h1,3-4,7-8,17-19,21-22H,2,5-6,9-16H2,(H,26,29)(H,27,28)/t17?,18?,19?,22-,25?/m1/s1. The number of rotatable bonds is 5. The second kappa shape index (κ2) is 7.77. The largest absolute Gasteiger partial charge is 0.352 e. The van der Waals surface area contributed by atoms with Crippen LogP contribution in [-0.2, 0) is 4.79 Å². The normalized spacial score (nSPS) is 34.6. The fourth-order valence-corrected chi connectivity index (χ4v) is 7.36. The number of carbonyl (C=O) groups excluding carboxylic acids is 2. The van der Waals surface area contributed by atoms with Crippen molar-refractivity contribution < 1.29 is 9.59 Å². The van der Waals surface area contributed by atoms with Gasteiger partial charge < -0.3 is 10.6 Å². The van der Waals surface area contributed by atoms with Crippen LogP contribution in [0.2, 0.25) is 0 Å². The van der Waals surface area contributed by atoms with Gasteiger partial charge in [-0.2, -0.15) is 0 Å². The van der Waals surface area contributed by atoms with Crippen molar-refractivity contribution in [1.29, 1.82) is 0 Å². The van der Waals surface area contributed by atoms with Crippen molar-refractivity contribution in [3.05, 3.63) is 35.9 Å². The molecular formula is C25H34N2O2. The van der Waals surface area contributed by atoms with E-state index in [1.54, 1.807) is 0 Å². The van der Waals surface area contributed by atoms with Crippen molar-refractivity contribution in [3.63, 3.8) is 0 Å². The Morgan fingerprint density at radius 1 is 0.862 bits per heavy atom. The molecule has 2 amide bonds. The average molecular weight is 395 g/mol. The Hall–Kier alpha value is -1.84. The summed E-state index contributed by atoms with van der Waals surface area (Å²) in [4.78, 5) is 26.6.